The van der Waals surface area contributed by atoms with Crippen molar-refractivity contribution in [2.24, 2.45) is 0 Å². The molecule has 0 aromatic carbocycles. The van der Waals surface area contributed by atoms with Gasteiger partial charge in [-0.05, 0) is 103 Å². The molecule has 0 aliphatic rings. The topological polar surface area (TPSA) is 78.9 Å². The third-order valence-corrected chi connectivity index (χ3v) is 11.6. The summed E-state index contributed by atoms with van der Waals surface area (Å²) in [4.78, 5) is 38.1. The molecule has 0 aliphatic carbocycles. The molecule has 0 aliphatic heterocycles. The van der Waals surface area contributed by atoms with Gasteiger partial charge in [0.25, 0.3) is 0 Å². The molecule has 0 aromatic rings. The second-order valence-electron chi connectivity index (χ2n) is 18.1. The van der Waals surface area contributed by atoms with Crippen LogP contribution >= 0.6 is 0 Å². The summed E-state index contributed by atoms with van der Waals surface area (Å²) in [6, 6.07) is 0. The van der Waals surface area contributed by atoms with Gasteiger partial charge in [-0.25, -0.2) is 0 Å². The molecular weight excluding hydrogens is 829 g/mol. The van der Waals surface area contributed by atoms with Gasteiger partial charge >= 0.3 is 17.9 Å². The van der Waals surface area contributed by atoms with Crippen molar-refractivity contribution in [1.29, 1.82) is 0 Å². The average molecular weight is 931 g/mol. The monoisotopic (exact) mass is 931 g/mol. The lowest BCUT2D eigenvalue weighted by atomic mass is 10.1. The smallest absolute Gasteiger partial charge is 0.306 e. The van der Waals surface area contributed by atoms with Crippen LogP contribution in [0.4, 0.5) is 0 Å². The normalized spacial score (nSPS) is 12.8. The number of carbonyl (C=O) groups is 3. The van der Waals surface area contributed by atoms with Crippen LogP contribution in [0.2, 0.25) is 0 Å². The van der Waals surface area contributed by atoms with Gasteiger partial charge in [-0.2, -0.15) is 0 Å². The Hall–Kier alpha value is -3.67. The van der Waals surface area contributed by atoms with E-state index in [1.165, 1.54) is 103 Å². The summed E-state index contributed by atoms with van der Waals surface area (Å²) < 4.78 is 16.8. The van der Waals surface area contributed by atoms with E-state index >= 15 is 0 Å². The third kappa shape index (κ3) is 53.2. The molecule has 382 valence electrons. The first-order valence-electron chi connectivity index (χ1n) is 27.8. The number of esters is 3. The molecule has 0 fully saturated rings. The predicted molar refractivity (Wildman–Crippen MR) is 288 cm³/mol. The maximum Gasteiger partial charge on any atom is 0.306 e. The van der Waals surface area contributed by atoms with Gasteiger partial charge in [0, 0.05) is 19.3 Å². The van der Waals surface area contributed by atoms with Crippen LogP contribution in [-0.4, -0.2) is 37.2 Å². The number of allylic oxidation sites excluding steroid dienone is 16. The van der Waals surface area contributed by atoms with Crippen LogP contribution in [0.3, 0.4) is 0 Å². The fourth-order valence-electron chi connectivity index (χ4n) is 7.49. The number of hydrogen-bond donors (Lipinski definition) is 0. The Morgan fingerprint density at radius 3 is 1.09 bits per heavy atom. The third-order valence-electron chi connectivity index (χ3n) is 11.6. The molecule has 0 amide bonds. The van der Waals surface area contributed by atoms with Gasteiger partial charge in [0.2, 0.25) is 0 Å². The Morgan fingerprint density at radius 1 is 0.328 bits per heavy atom. The zero-order valence-corrected chi connectivity index (χ0v) is 43.6. The minimum absolute atomic E-state index is 0.0899. The van der Waals surface area contributed by atoms with Crippen molar-refractivity contribution in [2.75, 3.05) is 13.2 Å². The molecule has 0 bridgehead atoms. The van der Waals surface area contributed by atoms with Crippen LogP contribution < -0.4 is 0 Å². The average Bonchev–Trinajstić information content (AvgIpc) is 3.33. The maximum absolute atomic E-state index is 12.8. The fraction of sp³-hybridized carbons (Fsp3) is 0.689. The van der Waals surface area contributed by atoms with Crippen molar-refractivity contribution >= 4 is 17.9 Å². The van der Waals surface area contributed by atoms with Gasteiger partial charge in [-0.3, -0.25) is 14.4 Å². The number of carbonyl (C=O) groups excluding carboxylic acids is 3. The SMILES string of the molecule is CC\C=C/C=C\C=C/CCCCCCCCCC(=O)OC(COC(=O)CCCCCCCC/C=C\C/C=C\C/C=C\C/C=C\CC)COC(=O)CCCCCCCCC/C=C\CCCCCC. The van der Waals surface area contributed by atoms with E-state index < -0.39 is 6.10 Å². The summed E-state index contributed by atoms with van der Waals surface area (Å²) in [7, 11) is 0. The quantitative estimate of drug-likeness (QED) is 0.0199. The summed E-state index contributed by atoms with van der Waals surface area (Å²) >= 11 is 0. The van der Waals surface area contributed by atoms with Crippen LogP contribution in [0.1, 0.15) is 252 Å². The van der Waals surface area contributed by atoms with Gasteiger partial charge < -0.3 is 14.2 Å². The van der Waals surface area contributed by atoms with Crippen molar-refractivity contribution in [2.45, 2.75) is 258 Å². The second kappa shape index (κ2) is 54.9. The second-order valence-corrected chi connectivity index (χ2v) is 18.1. The zero-order chi connectivity index (χ0) is 48.6. The number of unbranched alkanes of at least 4 members (excludes halogenated alkanes) is 24. The highest BCUT2D eigenvalue weighted by Crippen LogP contribution is 2.15. The van der Waals surface area contributed by atoms with Crippen molar-refractivity contribution in [3.63, 3.8) is 0 Å². The van der Waals surface area contributed by atoms with E-state index in [0.717, 1.165) is 109 Å². The van der Waals surface area contributed by atoms with E-state index in [-0.39, 0.29) is 31.1 Å². The summed E-state index contributed by atoms with van der Waals surface area (Å²) in [5.74, 6) is -0.919. The number of rotatable bonds is 49. The Labute approximate surface area is 413 Å². The summed E-state index contributed by atoms with van der Waals surface area (Å²) in [5.41, 5.74) is 0. The predicted octanol–water partition coefficient (Wildman–Crippen LogP) is 18.5. The van der Waals surface area contributed by atoms with Crippen molar-refractivity contribution in [3.8, 4) is 0 Å². The van der Waals surface area contributed by atoms with Crippen LogP contribution in [-0.2, 0) is 28.6 Å². The minimum atomic E-state index is -0.793. The van der Waals surface area contributed by atoms with Crippen LogP contribution in [0.15, 0.2) is 97.2 Å². The number of ether oxygens (including phenoxy) is 3. The lowest BCUT2D eigenvalue weighted by molar-refractivity contribution is -0.167. The van der Waals surface area contributed by atoms with E-state index in [1.54, 1.807) is 0 Å². The van der Waals surface area contributed by atoms with Gasteiger partial charge in [0.05, 0.1) is 0 Å². The molecule has 6 nitrogen and oxygen atoms in total. The summed E-state index contributed by atoms with van der Waals surface area (Å²) in [6.07, 6.45) is 72.4. The summed E-state index contributed by atoms with van der Waals surface area (Å²) in [5, 5.41) is 0. The minimum Gasteiger partial charge on any atom is -0.462 e. The molecule has 1 unspecified atom stereocenters. The highest BCUT2D eigenvalue weighted by molar-refractivity contribution is 5.71. The van der Waals surface area contributed by atoms with Crippen LogP contribution in [0.25, 0.3) is 0 Å². The first kappa shape index (κ1) is 63.3. The Kier molecular flexibility index (Phi) is 51.9. The Bertz CT molecular complexity index is 1350. The standard InChI is InChI=1S/C61H102O6/c1-4-7-10-13-16-19-22-25-28-29-30-31-34-36-39-42-45-48-51-54-60(63)66-57-58(67-61(64)55-52-49-46-43-40-37-33-27-24-21-18-15-12-9-6-3)56-65-59(62)53-50-47-44-41-38-35-32-26-23-20-17-14-11-8-5-2/h7,9-10,12,15-16,18-21,23-25,28,30-31,58H,4-6,8,11,13-14,17,22,26-27,29,32-57H2,1-3H3/b10-7-,12-9-,18-15-,19-16-,23-20-,24-21-,28-25-,31-30-. The summed E-state index contributed by atoms with van der Waals surface area (Å²) in [6.45, 7) is 6.36. The van der Waals surface area contributed by atoms with E-state index in [9.17, 15) is 14.4 Å². The molecule has 0 saturated heterocycles. The molecule has 0 aromatic heterocycles. The molecule has 0 radical (unpaired) electrons. The molecule has 6 heteroatoms. The fourth-order valence-corrected chi connectivity index (χ4v) is 7.49. The van der Waals surface area contributed by atoms with E-state index in [2.05, 4.69) is 118 Å². The molecule has 1 atom stereocenters. The van der Waals surface area contributed by atoms with Crippen molar-refractivity contribution in [3.05, 3.63) is 97.2 Å². The molecule has 0 spiro atoms. The Morgan fingerprint density at radius 2 is 0.657 bits per heavy atom. The van der Waals surface area contributed by atoms with Crippen LogP contribution in [0.5, 0.6) is 0 Å². The number of hydrogen-bond acceptors (Lipinski definition) is 6. The van der Waals surface area contributed by atoms with E-state index in [0.29, 0.717) is 19.3 Å². The van der Waals surface area contributed by atoms with Crippen molar-refractivity contribution in [1.82, 2.24) is 0 Å². The van der Waals surface area contributed by atoms with Gasteiger partial charge in [0.15, 0.2) is 6.10 Å². The Balaban J connectivity index is 4.43. The van der Waals surface area contributed by atoms with Gasteiger partial charge in [-0.1, -0.05) is 227 Å². The highest BCUT2D eigenvalue weighted by atomic mass is 16.6. The van der Waals surface area contributed by atoms with E-state index in [4.69, 9.17) is 14.2 Å². The van der Waals surface area contributed by atoms with E-state index in [1.807, 2.05) is 0 Å². The molecule has 67 heavy (non-hydrogen) atoms. The molecule has 0 N–H and O–H groups in total. The van der Waals surface area contributed by atoms with Gasteiger partial charge in [-0.15, -0.1) is 0 Å². The van der Waals surface area contributed by atoms with Crippen molar-refractivity contribution < 1.29 is 28.6 Å². The molecular formula is C61H102O6. The zero-order valence-electron chi connectivity index (χ0n) is 43.6. The highest BCUT2D eigenvalue weighted by Gasteiger charge is 2.19. The largest absolute Gasteiger partial charge is 0.462 e. The molecule has 0 rings (SSSR count). The molecule has 0 saturated carbocycles. The lowest BCUT2D eigenvalue weighted by Crippen LogP contribution is -2.30. The molecule has 0 heterocycles. The first-order valence-corrected chi connectivity index (χ1v) is 27.8. The van der Waals surface area contributed by atoms with Gasteiger partial charge in [0.1, 0.15) is 13.2 Å². The lowest BCUT2D eigenvalue weighted by Gasteiger charge is -2.18. The first-order chi connectivity index (χ1) is 33.0. The van der Waals surface area contributed by atoms with Crippen LogP contribution in [0, 0.1) is 0 Å². The maximum atomic E-state index is 12.8.